The van der Waals surface area contributed by atoms with Crippen LogP contribution in [0.15, 0.2) is 24.4 Å². The molecule has 0 bridgehead atoms. The van der Waals surface area contributed by atoms with Crippen molar-refractivity contribution < 1.29 is 8.42 Å². The number of pyridine rings is 1. The second kappa shape index (κ2) is 9.05. The highest BCUT2D eigenvalue weighted by Crippen LogP contribution is 2.03. The summed E-state index contributed by atoms with van der Waals surface area (Å²) in [7, 11) is -1.52. The van der Waals surface area contributed by atoms with E-state index in [1.165, 1.54) is 4.31 Å². The van der Waals surface area contributed by atoms with Gasteiger partial charge in [0.1, 0.15) is 0 Å². The third-order valence-electron chi connectivity index (χ3n) is 3.07. The lowest BCUT2D eigenvalue weighted by atomic mass is 10.3. The highest BCUT2D eigenvalue weighted by molar-refractivity contribution is 7.89. The van der Waals surface area contributed by atoms with Gasteiger partial charge in [-0.25, -0.2) is 12.7 Å². The van der Waals surface area contributed by atoms with Gasteiger partial charge in [0, 0.05) is 31.9 Å². The quantitative estimate of drug-likeness (QED) is 0.661. The molecule has 5 nitrogen and oxygen atoms in total. The Kier molecular flexibility index (Phi) is 7.72. The second-order valence-corrected chi connectivity index (χ2v) is 7.01. The molecule has 0 aliphatic rings. The Bertz CT molecular complexity index is 463. The van der Waals surface area contributed by atoms with E-state index < -0.39 is 10.0 Å². The molecule has 6 heteroatoms. The summed E-state index contributed by atoms with van der Waals surface area (Å²) in [6, 6.07) is 5.68. The van der Waals surface area contributed by atoms with Crippen molar-refractivity contribution in [2.75, 3.05) is 32.4 Å². The third kappa shape index (κ3) is 6.45. The second-order valence-electron chi connectivity index (χ2n) is 4.81. The van der Waals surface area contributed by atoms with Crippen LogP contribution in [0.3, 0.4) is 0 Å². The highest BCUT2D eigenvalue weighted by atomic mass is 32.2. The molecule has 1 aromatic heterocycles. The van der Waals surface area contributed by atoms with Crippen molar-refractivity contribution in [1.82, 2.24) is 14.6 Å². The molecular formula is C14H25N3O2S. The molecule has 0 aromatic carbocycles. The van der Waals surface area contributed by atoms with Crippen LogP contribution in [0.25, 0.3) is 0 Å². The number of sulfonamides is 1. The number of rotatable bonds is 10. The maximum absolute atomic E-state index is 12.1. The first-order chi connectivity index (χ1) is 9.56. The number of likely N-dealkylation sites (N-methyl/N-ethyl adjacent to an activating group) is 1. The third-order valence-corrected chi connectivity index (χ3v) is 5.00. The van der Waals surface area contributed by atoms with Crippen LogP contribution in [-0.4, -0.2) is 50.1 Å². The zero-order valence-electron chi connectivity index (χ0n) is 12.4. The van der Waals surface area contributed by atoms with Gasteiger partial charge < -0.3 is 5.32 Å². The minimum atomic E-state index is -3.15. The number of nitrogens with one attached hydrogen (secondary N) is 1. The standard InChI is InChI=1S/C14H25N3O2S/c1-3-9-15-10-6-13-20(18,19)17(2)12-8-14-7-4-5-11-16-14/h4-5,7,11,15H,3,6,8-10,12-13H2,1-2H3. The van der Waals surface area contributed by atoms with Crippen LogP contribution in [0.5, 0.6) is 0 Å². The summed E-state index contributed by atoms with van der Waals surface area (Å²) in [5.41, 5.74) is 0.916. The van der Waals surface area contributed by atoms with Gasteiger partial charge in [0.2, 0.25) is 10.0 Å². The van der Waals surface area contributed by atoms with Gasteiger partial charge in [-0.15, -0.1) is 0 Å². The first kappa shape index (κ1) is 17.1. The molecule has 0 spiro atoms. The molecule has 0 atom stereocenters. The molecule has 0 unspecified atom stereocenters. The number of hydrogen-bond donors (Lipinski definition) is 1. The SMILES string of the molecule is CCCNCCCS(=O)(=O)N(C)CCc1ccccn1. The minimum Gasteiger partial charge on any atom is -0.317 e. The summed E-state index contributed by atoms with van der Waals surface area (Å²) in [6.07, 6.45) is 4.08. The monoisotopic (exact) mass is 299 g/mol. The average Bonchev–Trinajstić information content (AvgIpc) is 2.45. The van der Waals surface area contributed by atoms with Crippen LogP contribution >= 0.6 is 0 Å². The Hall–Kier alpha value is -0.980. The molecule has 0 saturated carbocycles. The smallest absolute Gasteiger partial charge is 0.213 e. The maximum atomic E-state index is 12.1. The molecule has 0 saturated heterocycles. The van der Waals surface area contributed by atoms with E-state index in [9.17, 15) is 8.42 Å². The molecule has 1 aromatic rings. The molecule has 0 aliphatic heterocycles. The van der Waals surface area contributed by atoms with E-state index >= 15 is 0 Å². The predicted octanol–water partition coefficient (Wildman–Crippen LogP) is 1.28. The Morgan fingerprint density at radius 3 is 2.75 bits per heavy atom. The van der Waals surface area contributed by atoms with Gasteiger partial charge in [-0.05, 0) is 38.1 Å². The normalized spacial score (nSPS) is 11.9. The van der Waals surface area contributed by atoms with E-state index in [1.807, 2.05) is 18.2 Å². The molecule has 0 aliphatic carbocycles. The van der Waals surface area contributed by atoms with Gasteiger partial charge in [0.25, 0.3) is 0 Å². The van der Waals surface area contributed by atoms with Crippen molar-refractivity contribution in [3.8, 4) is 0 Å². The van der Waals surface area contributed by atoms with Gasteiger partial charge in [0.15, 0.2) is 0 Å². The largest absolute Gasteiger partial charge is 0.317 e. The molecule has 114 valence electrons. The maximum Gasteiger partial charge on any atom is 0.213 e. The van der Waals surface area contributed by atoms with Gasteiger partial charge >= 0.3 is 0 Å². The average molecular weight is 299 g/mol. The van der Waals surface area contributed by atoms with Crippen molar-refractivity contribution in [2.45, 2.75) is 26.2 Å². The van der Waals surface area contributed by atoms with E-state index in [0.29, 0.717) is 19.4 Å². The van der Waals surface area contributed by atoms with Crippen LogP contribution in [0.2, 0.25) is 0 Å². The summed E-state index contributed by atoms with van der Waals surface area (Å²) in [5, 5.41) is 3.21. The fourth-order valence-corrected chi connectivity index (χ4v) is 2.98. The lowest BCUT2D eigenvalue weighted by Crippen LogP contribution is -2.32. The zero-order valence-corrected chi connectivity index (χ0v) is 13.2. The fourth-order valence-electron chi connectivity index (χ4n) is 1.79. The van der Waals surface area contributed by atoms with Crippen LogP contribution in [0, 0.1) is 0 Å². The summed E-state index contributed by atoms with van der Waals surface area (Å²) in [5.74, 6) is 0.197. The van der Waals surface area contributed by atoms with Crippen LogP contribution in [0.1, 0.15) is 25.5 Å². The topological polar surface area (TPSA) is 62.3 Å². The number of aromatic nitrogens is 1. The molecule has 1 rings (SSSR count). The van der Waals surface area contributed by atoms with Crippen LogP contribution < -0.4 is 5.32 Å². The van der Waals surface area contributed by atoms with E-state index in [0.717, 1.165) is 25.2 Å². The van der Waals surface area contributed by atoms with Gasteiger partial charge in [-0.1, -0.05) is 13.0 Å². The number of hydrogen-bond acceptors (Lipinski definition) is 4. The summed E-state index contributed by atoms with van der Waals surface area (Å²) >= 11 is 0. The van der Waals surface area contributed by atoms with Gasteiger partial charge in [-0.2, -0.15) is 0 Å². The lowest BCUT2D eigenvalue weighted by Gasteiger charge is -2.17. The Labute approximate surface area is 122 Å². The Morgan fingerprint density at radius 2 is 2.10 bits per heavy atom. The van der Waals surface area contributed by atoms with E-state index in [-0.39, 0.29) is 5.75 Å². The van der Waals surface area contributed by atoms with E-state index in [4.69, 9.17) is 0 Å². The van der Waals surface area contributed by atoms with Gasteiger partial charge in [-0.3, -0.25) is 4.98 Å². The van der Waals surface area contributed by atoms with Crippen molar-refractivity contribution >= 4 is 10.0 Å². The Balaban J connectivity index is 2.31. The van der Waals surface area contributed by atoms with E-state index in [2.05, 4.69) is 17.2 Å². The molecular weight excluding hydrogens is 274 g/mol. The zero-order chi connectivity index (χ0) is 14.8. The molecule has 1 heterocycles. The van der Waals surface area contributed by atoms with Crippen LogP contribution in [-0.2, 0) is 16.4 Å². The highest BCUT2D eigenvalue weighted by Gasteiger charge is 2.16. The van der Waals surface area contributed by atoms with Crippen LogP contribution in [0.4, 0.5) is 0 Å². The van der Waals surface area contributed by atoms with Crippen molar-refractivity contribution in [1.29, 1.82) is 0 Å². The van der Waals surface area contributed by atoms with Crippen molar-refractivity contribution in [3.05, 3.63) is 30.1 Å². The number of nitrogens with zero attached hydrogens (tertiary/aromatic N) is 2. The first-order valence-corrected chi connectivity index (χ1v) is 8.72. The van der Waals surface area contributed by atoms with Crippen molar-refractivity contribution in [2.24, 2.45) is 0 Å². The summed E-state index contributed by atoms with van der Waals surface area (Å²) < 4.78 is 25.6. The molecule has 1 N–H and O–H groups in total. The predicted molar refractivity (Wildman–Crippen MR) is 82.1 cm³/mol. The lowest BCUT2D eigenvalue weighted by molar-refractivity contribution is 0.468. The summed E-state index contributed by atoms with van der Waals surface area (Å²) in [6.45, 7) is 4.26. The Morgan fingerprint density at radius 1 is 1.30 bits per heavy atom. The molecule has 20 heavy (non-hydrogen) atoms. The van der Waals surface area contributed by atoms with Gasteiger partial charge in [0.05, 0.1) is 5.75 Å². The summed E-state index contributed by atoms with van der Waals surface area (Å²) in [4.78, 5) is 4.20. The fraction of sp³-hybridized carbons (Fsp3) is 0.643. The molecule has 0 amide bonds. The first-order valence-electron chi connectivity index (χ1n) is 7.11. The molecule has 0 fully saturated rings. The van der Waals surface area contributed by atoms with E-state index in [1.54, 1.807) is 13.2 Å². The van der Waals surface area contributed by atoms with Crippen molar-refractivity contribution in [3.63, 3.8) is 0 Å². The molecule has 0 radical (unpaired) electrons. The minimum absolute atomic E-state index is 0.197.